The number of ketones is 1. The number of rotatable bonds is 4. The highest BCUT2D eigenvalue weighted by molar-refractivity contribution is 5.99. The van der Waals surface area contributed by atoms with Crippen LogP contribution in [0.5, 0.6) is 0 Å². The Morgan fingerprint density at radius 1 is 1.18 bits per heavy atom. The number of hydrogen-bond donors (Lipinski definition) is 0. The summed E-state index contributed by atoms with van der Waals surface area (Å²) in [5, 5.41) is 0. The summed E-state index contributed by atoms with van der Waals surface area (Å²) in [6, 6.07) is 0. The molecule has 94 valence electrons. The fraction of sp³-hybridized carbons (Fsp3) is 0.583. The van der Waals surface area contributed by atoms with E-state index in [4.69, 9.17) is 9.47 Å². The monoisotopic (exact) mass is 240 g/mol. The molecule has 0 saturated carbocycles. The second-order valence-electron chi connectivity index (χ2n) is 3.93. The normalized spacial score (nSPS) is 23.2. The maximum absolute atomic E-state index is 11.6. The first kappa shape index (κ1) is 13.4. The van der Waals surface area contributed by atoms with Crippen LogP contribution in [0, 0.1) is 0 Å². The van der Waals surface area contributed by atoms with E-state index in [1.54, 1.807) is 0 Å². The molecule has 0 saturated heterocycles. The quantitative estimate of drug-likeness (QED) is 0.689. The highest BCUT2D eigenvalue weighted by Gasteiger charge is 2.40. The largest absolute Gasteiger partial charge is 0.453 e. The third-order valence-electron chi connectivity index (χ3n) is 2.37. The summed E-state index contributed by atoms with van der Waals surface area (Å²) < 4.78 is 9.95. The van der Waals surface area contributed by atoms with Gasteiger partial charge in [-0.2, -0.15) is 0 Å². The van der Waals surface area contributed by atoms with Crippen LogP contribution in [0.15, 0.2) is 11.6 Å². The van der Waals surface area contributed by atoms with Gasteiger partial charge in [0, 0.05) is 13.8 Å². The molecule has 0 unspecified atom stereocenters. The smallest absolute Gasteiger partial charge is 0.303 e. The van der Waals surface area contributed by atoms with Crippen LogP contribution >= 0.6 is 0 Å². The molecule has 0 spiro atoms. The van der Waals surface area contributed by atoms with E-state index in [-0.39, 0.29) is 5.78 Å². The van der Waals surface area contributed by atoms with E-state index in [9.17, 15) is 14.4 Å². The maximum atomic E-state index is 11.6. The summed E-state index contributed by atoms with van der Waals surface area (Å²) in [4.78, 5) is 33.5. The Kier molecular flexibility index (Phi) is 4.43. The van der Waals surface area contributed by atoms with Gasteiger partial charge in [-0.15, -0.1) is 0 Å². The van der Waals surface area contributed by atoms with Crippen molar-refractivity contribution in [2.24, 2.45) is 0 Å². The number of hydrogen-bond acceptors (Lipinski definition) is 5. The number of esters is 2. The molecule has 2 atom stereocenters. The molecule has 0 amide bonds. The van der Waals surface area contributed by atoms with Crippen molar-refractivity contribution in [2.75, 3.05) is 0 Å². The highest BCUT2D eigenvalue weighted by atomic mass is 16.6. The van der Waals surface area contributed by atoms with Gasteiger partial charge in [0.15, 0.2) is 6.10 Å². The summed E-state index contributed by atoms with van der Waals surface area (Å²) in [6.07, 6.45) is 1.09. The minimum atomic E-state index is -1.02. The van der Waals surface area contributed by atoms with Crippen LogP contribution in [0.2, 0.25) is 0 Å². The minimum absolute atomic E-state index is 0.324. The predicted molar refractivity (Wildman–Crippen MR) is 59.1 cm³/mol. The van der Waals surface area contributed by atoms with E-state index < -0.39 is 24.1 Å². The summed E-state index contributed by atoms with van der Waals surface area (Å²) in [6.45, 7) is 4.43. The second kappa shape index (κ2) is 5.61. The zero-order valence-corrected chi connectivity index (χ0v) is 10.2. The topological polar surface area (TPSA) is 69.7 Å². The predicted octanol–water partition coefficient (Wildman–Crippen LogP) is 1.16. The molecular weight excluding hydrogens is 224 g/mol. The SMILES string of the molecule is CCCC1=CC(=O)[C@H](OC(C)=O)[C@H]1OC(C)=O. The van der Waals surface area contributed by atoms with E-state index in [0.29, 0.717) is 12.0 Å². The van der Waals surface area contributed by atoms with Crippen LogP contribution in [0.1, 0.15) is 33.6 Å². The molecule has 0 aliphatic heterocycles. The molecule has 0 N–H and O–H groups in total. The Balaban J connectivity index is 2.86. The molecule has 5 heteroatoms. The van der Waals surface area contributed by atoms with Crippen molar-refractivity contribution < 1.29 is 23.9 Å². The van der Waals surface area contributed by atoms with Gasteiger partial charge in [-0.25, -0.2) is 0 Å². The lowest BCUT2D eigenvalue weighted by atomic mass is 10.1. The van der Waals surface area contributed by atoms with Gasteiger partial charge < -0.3 is 9.47 Å². The fourth-order valence-electron chi connectivity index (χ4n) is 1.81. The lowest BCUT2D eigenvalue weighted by Gasteiger charge is -2.21. The number of carbonyl (C=O) groups excluding carboxylic acids is 3. The van der Waals surface area contributed by atoms with Crippen molar-refractivity contribution >= 4 is 17.7 Å². The molecule has 1 aliphatic rings. The van der Waals surface area contributed by atoms with Gasteiger partial charge in [0.2, 0.25) is 11.9 Å². The first-order valence-corrected chi connectivity index (χ1v) is 5.54. The van der Waals surface area contributed by atoms with Crippen LogP contribution in [0.4, 0.5) is 0 Å². The maximum Gasteiger partial charge on any atom is 0.303 e. The summed E-state index contributed by atoms with van der Waals surface area (Å²) in [5.41, 5.74) is 0.707. The van der Waals surface area contributed by atoms with E-state index in [2.05, 4.69) is 0 Å². The van der Waals surface area contributed by atoms with E-state index >= 15 is 0 Å². The highest BCUT2D eigenvalue weighted by Crippen LogP contribution is 2.26. The van der Waals surface area contributed by atoms with Crippen molar-refractivity contribution in [1.29, 1.82) is 0 Å². The molecule has 0 bridgehead atoms. The van der Waals surface area contributed by atoms with E-state index in [1.807, 2.05) is 6.92 Å². The molecule has 0 radical (unpaired) electrons. The molecule has 0 aromatic carbocycles. The summed E-state index contributed by atoms with van der Waals surface area (Å²) in [7, 11) is 0. The Labute approximate surface area is 99.8 Å². The van der Waals surface area contributed by atoms with Crippen molar-refractivity contribution in [2.45, 2.75) is 45.8 Å². The Morgan fingerprint density at radius 2 is 1.71 bits per heavy atom. The first-order chi connectivity index (χ1) is 7.95. The van der Waals surface area contributed by atoms with Crippen LogP contribution in [0.25, 0.3) is 0 Å². The van der Waals surface area contributed by atoms with Gasteiger partial charge in [-0.05, 0) is 18.1 Å². The van der Waals surface area contributed by atoms with E-state index in [1.165, 1.54) is 19.9 Å². The average Bonchev–Trinajstić information content (AvgIpc) is 2.45. The van der Waals surface area contributed by atoms with Gasteiger partial charge in [0.1, 0.15) is 0 Å². The van der Waals surface area contributed by atoms with Gasteiger partial charge in [0.25, 0.3) is 0 Å². The Bertz CT molecular complexity index is 369. The Hall–Kier alpha value is -1.65. The zero-order valence-electron chi connectivity index (χ0n) is 10.2. The van der Waals surface area contributed by atoms with Gasteiger partial charge in [-0.3, -0.25) is 14.4 Å². The fourth-order valence-corrected chi connectivity index (χ4v) is 1.81. The first-order valence-electron chi connectivity index (χ1n) is 5.54. The third-order valence-corrected chi connectivity index (χ3v) is 2.37. The number of ether oxygens (including phenoxy) is 2. The van der Waals surface area contributed by atoms with Crippen molar-refractivity contribution in [3.05, 3.63) is 11.6 Å². The Morgan fingerprint density at radius 3 is 2.18 bits per heavy atom. The minimum Gasteiger partial charge on any atom is -0.453 e. The van der Waals surface area contributed by atoms with Gasteiger partial charge in [0.05, 0.1) is 0 Å². The molecule has 1 rings (SSSR count). The molecule has 0 heterocycles. The molecule has 17 heavy (non-hydrogen) atoms. The molecule has 0 aromatic rings. The molecule has 5 nitrogen and oxygen atoms in total. The van der Waals surface area contributed by atoms with Crippen molar-refractivity contribution in [3.63, 3.8) is 0 Å². The van der Waals surface area contributed by atoms with Crippen molar-refractivity contribution in [1.82, 2.24) is 0 Å². The standard InChI is InChI=1S/C12H16O5/c1-4-5-9-6-10(15)12(17-8(3)14)11(9)16-7(2)13/h6,11-12H,4-5H2,1-3H3/t11-,12-/m0/s1. The summed E-state index contributed by atoms with van der Waals surface area (Å²) >= 11 is 0. The van der Waals surface area contributed by atoms with Crippen LogP contribution in [-0.2, 0) is 23.9 Å². The van der Waals surface area contributed by atoms with Crippen molar-refractivity contribution in [3.8, 4) is 0 Å². The van der Waals surface area contributed by atoms with Gasteiger partial charge in [-0.1, -0.05) is 13.3 Å². The molecule has 1 aliphatic carbocycles. The van der Waals surface area contributed by atoms with Gasteiger partial charge >= 0.3 is 11.9 Å². The van der Waals surface area contributed by atoms with E-state index in [0.717, 1.165) is 6.42 Å². The molecule has 0 aromatic heterocycles. The second-order valence-corrected chi connectivity index (χ2v) is 3.93. The van der Waals surface area contributed by atoms with Crippen LogP contribution in [-0.4, -0.2) is 29.9 Å². The lowest BCUT2D eigenvalue weighted by molar-refractivity contribution is -0.164. The lowest BCUT2D eigenvalue weighted by Crippen LogP contribution is -2.36. The number of carbonyl (C=O) groups is 3. The van der Waals surface area contributed by atoms with Crippen LogP contribution in [0.3, 0.4) is 0 Å². The molecule has 0 fully saturated rings. The zero-order chi connectivity index (χ0) is 13.0. The summed E-state index contributed by atoms with van der Waals surface area (Å²) in [5.74, 6) is -1.38. The van der Waals surface area contributed by atoms with Crippen LogP contribution < -0.4 is 0 Å². The average molecular weight is 240 g/mol. The third kappa shape index (κ3) is 3.41. The molecular formula is C12H16O5.